The van der Waals surface area contributed by atoms with Gasteiger partial charge in [0.25, 0.3) is 5.91 Å². The lowest BCUT2D eigenvalue weighted by atomic mass is 10.1. The van der Waals surface area contributed by atoms with Crippen LogP contribution in [-0.4, -0.2) is 28.0 Å². The number of anilines is 1. The molecular weight excluding hydrogens is 468 g/mol. The van der Waals surface area contributed by atoms with Crippen molar-refractivity contribution in [1.29, 1.82) is 0 Å². The first-order valence-corrected chi connectivity index (χ1v) is 9.09. The summed E-state index contributed by atoms with van der Waals surface area (Å²) in [6.45, 7) is -1.97. The smallest absolute Gasteiger partial charge is 0.449 e. The van der Waals surface area contributed by atoms with Crippen LogP contribution in [0.25, 0.3) is 11.0 Å². The number of alkyl halides is 6. The molecule has 0 bridgehead atoms. The molecule has 0 fully saturated rings. The molecule has 0 saturated carbocycles. The number of hydrogen-bond donors (Lipinski definition) is 1. The van der Waals surface area contributed by atoms with Gasteiger partial charge in [0, 0.05) is 0 Å². The van der Waals surface area contributed by atoms with Gasteiger partial charge in [-0.05, 0) is 24.3 Å². The van der Waals surface area contributed by atoms with E-state index in [0.29, 0.717) is 10.6 Å². The molecule has 170 valence electrons. The molecule has 1 aromatic heterocycles. The van der Waals surface area contributed by atoms with E-state index in [-0.39, 0.29) is 11.0 Å². The minimum atomic E-state index is -4.87. The van der Waals surface area contributed by atoms with Gasteiger partial charge in [0.1, 0.15) is 6.54 Å². The summed E-state index contributed by atoms with van der Waals surface area (Å²) in [5, 5.41) is 1.49. The summed E-state index contributed by atoms with van der Waals surface area (Å²) in [6.07, 6.45) is -9.69. The number of nitrogens with zero attached hydrogens (tertiary/aromatic N) is 2. The van der Waals surface area contributed by atoms with Crippen molar-refractivity contribution in [3.8, 4) is 0 Å². The van der Waals surface area contributed by atoms with Gasteiger partial charge in [0.05, 0.1) is 27.3 Å². The number of hydrogen-bond acceptors (Lipinski definition) is 4. The topological polar surface area (TPSA) is 73.2 Å². The van der Waals surface area contributed by atoms with Crippen LogP contribution < -0.4 is 5.32 Å². The van der Waals surface area contributed by atoms with Crippen LogP contribution in [-0.2, 0) is 33.2 Å². The van der Waals surface area contributed by atoms with Gasteiger partial charge >= 0.3 is 18.3 Å². The Morgan fingerprint density at radius 2 is 1.69 bits per heavy atom. The molecule has 0 radical (unpaired) electrons. The van der Waals surface area contributed by atoms with Gasteiger partial charge in [0.15, 0.2) is 6.61 Å². The Balaban J connectivity index is 1.71. The molecule has 2 aromatic carbocycles. The molecule has 0 aliphatic rings. The highest BCUT2D eigenvalue weighted by molar-refractivity contribution is 6.34. The number of carbonyl (C=O) groups is 2. The maximum Gasteiger partial charge on any atom is 0.449 e. The maximum absolute atomic E-state index is 13.3. The van der Waals surface area contributed by atoms with E-state index in [2.05, 4.69) is 9.72 Å². The Morgan fingerprint density at radius 3 is 2.34 bits per heavy atom. The van der Waals surface area contributed by atoms with Crippen LogP contribution in [0.2, 0.25) is 5.02 Å². The molecule has 3 rings (SSSR count). The number of amides is 1. The summed E-state index contributed by atoms with van der Waals surface area (Å²) in [6, 6.07) is 8.38. The minimum absolute atomic E-state index is 0.00659. The van der Waals surface area contributed by atoms with Crippen molar-refractivity contribution >= 4 is 40.2 Å². The highest BCUT2D eigenvalue weighted by atomic mass is 35.5. The first kappa shape index (κ1) is 23.4. The van der Waals surface area contributed by atoms with E-state index in [1.165, 1.54) is 24.3 Å². The van der Waals surface area contributed by atoms with Crippen molar-refractivity contribution in [1.82, 2.24) is 9.55 Å². The van der Waals surface area contributed by atoms with Crippen LogP contribution in [0.5, 0.6) is 0 Å². The van der Waals surface area contributed by atoms with E-state index in [9.17, 15) is 35.9 Å². The first-order valence-electron chi connectivity index (χ1n) is 8.71. The Hall–Kier alpha value is -3.28. The Bertz CT molecular complexity index is 1170. The van der Waals surface area contributed by atoms with Crippen LogP contribution in [0.4, 0.5) is 32.0 Å². The molecule has 6 nitrogen and oxygen atoms in total. The van der Waals surface area contributed by atoms with Gasteiger partial charge in [-0.2, -0.15) is 26.3 Å². The van der Waals surface area contributed by atoms with E-state index >= 15 is 0 Å². The summed E-state index contributed by atoms with van der Waals surface area (Å²) < 4.78 is 84.2. The fourth-order valence-corrected chi connectivity index (χ4v) is 3.06. The predicted molar refractivity (Wildman–Crippen MR) is 101 cm³/mol. The van der Waals surface area contributed by atoms with Crippen LogP contribution in [0.3, 0.4) is 0 Å². The number of benzene rings is 2. The lowest BCUT2D eigenvalue weighted by Gasteiger charge is -2.15. The van der Waals surface area contributed by atoms with E-state index in [1.54, 1.807) is 0 Å². The van der Waals surface area contributed by atoms with Crippen molar-refractivity contribution in [3.05, 3.63) is 58.9 Å². The zero-order valence-electron chi connectivity index (χ0n) is 15.7. The minimum Gasteiger partial charge on any atom is -0.454 e. The number of fused-ring (bicyclic) bond motifs is 1. The van der Waals surface area contributed by atoms with Crippen molar-refractivity contribution in [3.63, 3.8) is 0 Å². The molecule has 3 aromatic rings. The largest absolute Gasteiger partial charge is 0.454 e. The van der Waals surface area contributed by atoms with Gasteiger partial charge in [0.2, 0.25) is 5.82 Å². The second kappa shape index (κ2) is 8.69. The third-order valence-electron chi connectivity index (χ3n) is 4.14. The molecule has 0 spiro atoms. The highest BCUT2D eigenvalue weighted by Crippen LogP contribution is 2.38. The summed E-state index contributed by atoms with van der Waals surface area (Å²) in [4.78, 5) is 27.5. The Morgan fingerprint density at radius 1 is 1.00 bits per heavy atom. The molecule has 0 atom stereocenters. The number of para-hydroxylation sites is 3. The standard InChI is InChI=1S/C19H12ClF6N3O3/c20-11-5-3-4-10(18(21,22)23)16(11)28-14(30)9-32-15(31)8-29-13-7-2-1-6-12(13)27-17(29)19(24,25)26/h1-7H,8-9H2,(H,28,30). The summed E-state index contributed by atoms with van der Waals surface area (Å²) in [5.74, 6) is -3.74. The van der Waals surface area contributed by atoms with Gasteiger partial charge in [-0.3, -0.25) is 9.59 Å². The molecule has 0 aliphatic carbocycles. The SMILES string of the molecule is O=C(COC(=O)Cn1c(C(F)(F)F)nc2ccccc21)Nc1c(Cl)cccc1C(F)(F)F. The van der Waals surface area contributed by atoms with Crippen LogP contribution >= 0.6 is 11.6 Å². The third-order valence-corrected chi connectivity index (χ3v) is 4.46. The molecule has 0 unspecified atom stereocenters. The Labute approximate surface area is 180 Å². The van der Waals surface area contributed by atoms with E-state index < -0.39 is 59.5 Å². The van der Waals surface area contributed by atoms with Crippen LogP contribution in [0, 0.1) is 0 Å². The molecular formula is C19H12ClF6N3O3. The quantitative estimate of drug-likeness (QED) is 0.417. The Kier molecular flexibility index (Phi) is 6.35. The molecule has 1 amide bonds. The second-order valence-electron chi connectivity index (χ2n) is 6.38. The number of carbonyl (C=O) groups excluding carboxylic acids is 2. The average Bonchev–Trinajstić information content (AvgIpc) is 3.06. The first-order chi connectivity index (χ1) is 14.9. The molecule has 1 N–H and O–H groups in total. The van der Waals surface area contributed by atoms with Crippen molar-refractivity contribution < 1.29 is 40.7 Å². The van der Waals surface area contributed by atoms with Crippen LogP contribution in [0.1, 0.15) is 11.4 Å². The summed E-state index contributed by atoms with van der Waals surface area (Å²) >= 11 is 5.71. The zero-order chi connectivity index (χ0) is 23.7. The van der Waals surface area contributed by atoms with Crippen molar-refractivity contribution in [2.24, 2.45) is 0 Å². The lowest BCUT2D eigenvalue weighted by Crippen LogP contribution is -2.25. The number of nitrogens with one attached hydrogen (secondary N) is 1. The van der Waals surface area contributed by atoms with Gasteiger partial charge in [-0.15, -0.1) is 0 Å². The maximum atomic E-state index is 13.3. The van der Waals surface area contributed by atoms with Gasteiger partial charge in [-0.1, -0.05) is 29.8 Å². The monoisotopic (exact) mass is 479 g/mol. The highest BCUT2D eigenvalue weighted by Gasteiger charge is 2.38. The third kappa shape index (κ3) is 5.13. The van der Waals surface area contributed by atoms with E-state index in [4.69, 9.17) is 11.6 Å². The van der Waals surface area contributed by atoms with Crippen molar-refractivity contribution in [2.75, 3.05) is 11.9 Å². The normalized spacial score (nSPS) is 12.1. The molecule has 0 saturated heterocycles. The van der Waals surface area contributed by atoms with E-state index in [1.807, 2.05) is 5.32 Å². The zero-order valence-corrected chi connectivity index (χ0v) is 16.5. The fourth-order valence-electron chi connectivity index (χ4n) is 2.84. The summed E-state index contributed by atoms with van der Waals surface area (Å²) in [7, 11) is 0. The van der Waals surface area contributed by atoms with Crippen LogP contribution in [0.15, 0.2) is 42.5 Å². The number of imidazole rings is 1. The molecule has 1 heterocycles. The van der Waals surface area contributed by atoms with Gasteiger partial charge < -0.3 is 14.6 Å². The van der Waals surface area contributed by atoms with Gasteiger partial charge in [-0.25, -0.2) is 4.98 Å². The number of aromatic nitrogens is 2. The predicted octanol–water partition coefficient (Wildman–Crippen LogP) is 4.91. The number of ether oxygens (including phenoxy) is 1. The molecule has 32 heavy (non-hydrogen) atoms. The number of rotatable bonds is 5. The lowest BCUT2D eigenvalue weighted by molar-refractivity contribution is -0.152. The van der Waals surface area contributed by atoms with E-state index in [0.717, 1.165) is 12.1 Å². The average molecular weight is 480 g/mol. The molecule has 13 heteroatoms. The number of halogens is 7. The number of esters is 1. The fraction of sp³-hybridized carbons (Fsp3) is 0.211. The second-order valence-corrected chi connectivity index (χ2v) is 6.78. The van der Waals surface area contributed by atoms with Crippen molar-refractivity contribution in [2.45, 2.75) is 18.9 Å². The molecule has 0 aliphatic heterocycles. The summed E-state index contributed by atoms with van der Waals surface area (Å²) in [5.41, 5.74) is -1.96.